The molecule has 2 bridgehead atoms. The molecule has 3 aliphatic heterocycles. The Hall–Kier alpha value is -4.22. The fourth-order valence-electron chi connectivity index (χ4n) is 5.17. The predicted octanol–water partition coefficient (Wildman–Crippen LogP) is 3.08. The molecule has 11 heteroatoms. The van der Waals surface area contributed by atoms with Crippen LogP contribution in [0.4, 0.5) is 5.82 Å². The van der Waals surface area contributed by atoms with Gasteiger partial charge in [-0.2, -0.15) is 5.10 Å². The van der Waals surface area contributed by atoms with Crippen LogP contribution in [0.5, 0.6) is 11.6 Å². The van der Waals surface area contributed by atoms with E-state index in [0.717, 1.165) is 64.4 Å². The van der Waals surface area contributed by atoms with Crippen LogP contribution >= 0.6 is 0 Å². The smallest absolute Gasteiger partial charge is 0.212 e. The Morgan fingerprint density at radius 3 is 2.70 bits per heavy atom. The van der Waals surface area contributed by atoms with Gasteiger partial charge in [-0.05, 0) is 30.7 Å². The Morgan fingerprint density at radius 1 is 1.08 bits per heavy atom. The first-order chi connectivity index (χ1) is 18.2. The summed E-state index contributed by atoms with van der Waals surface area (Å²) < 4.78 is 18.8. The van der Waals surface area contributed by atoms with Crippen LogP contribution in [0.25, 0.3) is 27.7 Å². The molecule has 8 heterocycles. The molecule has 8 rings (SSSR count). The number of ether oxygens (including phenoxy) is 3. The zero-order valence-corrected chi connectivity index (χ0v) is 20.5. The summed E-state index contributed by atoms with van der Waals surface area (Å²) in [6.07, 6.45) is 7.54. The number of pyridine rings is 3. The summed E-state index contributed by atoms with van der Waals surface area (Å²) in [5, 5.41) is 12.7. The van der Waals surface area contributed by atoms with Gasteiger partial charge in [-0.1, -0.05) is 6.07 Å². The van der Waals surface area contributed by atoms with E-state index in [1.807, 2.05) is 48.2 Å². The number of hydrogen-bond donors (Lipinski definition) is 1. The van der Waals surface area contributed by atoms with Gasteiger partial charge in [0, 0.05) is 36.1 Å². The number of fused-ring (bicyclic) bond motifs is 5. The van der Waals surface area contributed by atoms with Crippen LogP contribution in [0, 0.1) is 0 Å². The monoisotopic (exact) mass is 498 g/mol. The van der Waals surface area contributed by atoms with E-state index in [1.165, 1.54) is 0 Å². The van der Waals surface area contributed by atoms with E-state index in [2.05, 4.69) is 42.2 Å². The van der Waals surface area contributed by atoms with Gasteiger partial charge in [0.05, 0.1) is 50.1 Å². The highest BCUT2D eigenvalue weighted by atomic mass is 16.6. The van der Waals surface area contributed by atoms with Crippen molar-refractivity contribution in [3.8, 4) is 22.8 Å². The molecule has 3 fully saturated rings. The second-order valence-electron chi connectivity index (χ2n) is 9.18. The van der Waals surface area contributed by atoms with Gasteiger partial charge in [-0.15, -0.1) is 5.10 Å². The summed E-state index contributed by atoms with van der Waals surface area (Å²) in [7, 11) is 1.62. The van der Waals surface area contributed by atoms with Gasteiger partial charge in [0.2, 0.25) is 5.88 Å². The summed E-state index contributed by atoms with van der Waals surface area (Å²) in [4.78, 5) is 13.8. The maximum atomic E-state index is 6.04. The summed E-state index contributed by atoms with van der Waals surface area (Å²) >= 11 is 0. The van der Waals surface area contributed by atoms with Gasteiger partial charge < -0.3 is 19.1 Å². The molecule has 0 aliphatic carbocycles. The van der Waals surface area contributed by atoms with E-state index in [0.29, 0.717) is 12.5 Å². The number of hydrogen-bond acceptors (Lipinski definition) is 9. The van der Waals surface area contributed by atoms with E-state index in [1.54, 1.807) is 13.3 Å². The molecule has 3 aliphatic rings. The number of H-pyrrole nitrogens is 1. The summed E-state index contributed by atoms with van der Waals surface area (Å²) in [5.74, 6) is 2.32. The Morgan fingerprint density at radius 2 is 1.97 bits per heavy atom. The highest BCUT2D eigenvalue weighted by molar-refractivity contribution is 6.00. The van der Waals surface area contributed by atoms with E-state index in [9.17, 15) is 0 Å². The lowest BCUT2D eigenvalue weighted by Gasteiger charge is -2.55. The third-order valence-corrected chi connectivity index (χ3v) is 6.98. The van der Waals surface area contributed by atoms with Crippen molar-refractivity contribution in [3.05, 3.63) is 60.7 Å². The second-order valence-corrected chi connectivity index (χ2v) is 9.18. The number of nitrogens with zero attached hydrogens (tertiary/aromatic N) is 7. The Kier molecular flexibility index (Phi) is 5.18. The van der Waals surface area contributed by atoms with Gasteiger partial charge in [0.1, 0.15) is 24.0 Å². The van der Waals surface area contributed by atoms with Crippen LogP contribution in [0.15, 0.2) is 55.1 Å². The largest absolute Gasteiger partial charge is 0.492 e. The third kappa shape index (κ3) is 3.74. The first-order valence-electron chi connectivity index (χ1n) is 12.3. The van der Waals surface area contributed by atoms with Crippen molar-refractivity contribution in [3.63, 3.8) is 0 Å². The molecule has 1 N–H and O–H groups in total. The van der Waals surface area contributed by atoms with Crippen molar-refractivity contribution in [1.82, 2.24) is 34.7 Å². The number of morpholine rings is 1. The van der Waals surface area contributed by atoms with Gasteiger partial charge in [0.25, 0.3) is 0 Å². The fraction of sp³-hybridized carbons (Fsp3) is 0.308. The van der Waals surface area contributed by atoms with Crippen molar-refractivity contribution >= 4 is 22.4 Å². The number of methoxy groups -OCH3 is 1. The van der Waals surface area contributed by atoms with Gasteiger partial charge >= 0.3 is 0 Å². The van der Waals surface area contributed by atoms with Gasteiger partial charge in [-0.3, -0.25) is 5.10 Å². The number of aromatic amines is 1. The first-order valence-corrected chi connectivity index (χ1v) is 12.3. The minimum Gasteiger partial charge on any atom is -0.492 e. The van der Waals surface area contributed by atoms with Gasteiger partial charge in [0.15, 0.2) is 5.65 Å². The highest BCUT2D eigenvalue weighted by Crippen LogP contribution is 2.35. The lowest BCUT2D eigenvalue weighted by molar-refractivity contribution is -0.295. The molecule has 2 unspecified atom stereocenters. The van der Waals surface area contributed by atoms with Crippen molar-refractivity contribution in [1.29, 1.82) is 0 Å². The maximum absolute atomic E-state index is 6.04. The predicted molar refractivity (Wildman–Crippen MR) is 136 cm³/mol. The lowest BCUT2D eigenvalue weighted by atomic mass is 10.1. The molecule has 0 saturated carbocycles. The topological polar surface area (TPSA) is 106 Å². The van der Waals surface area contributed by atoms with E-state index in [4.69, 9.17) is 19.2 Å². The summed E-state index contributed by atoms with van der Waals surface area (Å²) in [6, 6.07) is 10.2. The quantitative estimate of drug-likeness (QED) is 0.362. The second kappa shape index (κ2) is 8.71. The molecule has 0 amide bonds. The average Bonchev–Trinajstić information content (AvgIpc) is 3.53. The Balaban J connectivity index is 1.11. The standard InChI is InChI=1S/C26H26N8O3/c1-3-36-18-8-19(25-20-11-29-30-26(20)31-34(25)13-18)17-5-6-21(27-10-17)32-14-23-33(24(15-32)37-23)12-16-4-7-22(35-2)28-9-16/h4-11,13,23-24H,3,12,14-15H2,1-2H3,(H,30,31). The maximum Gasteiger partial charge on any atom is 0.212 e. The molecule has 5 aromatic rings. The van der Waals surface area contributed by atoms with Crippen LogP contribution < -0.4 is 14.4 Å². The molecule has 188 valence electrons. The van der Waals surface area contributed by atoms with Crippen LogP contribution in [-0.4, -0.2) is 73.9 Å². The third-order valence-electron chi connectivity index (χ3n) is 6.98. The van der Waals surface area contributed by atoms with Crippen LogP contribution in [0.1, 0.15) is 12.5 Å². The minimum atomic E-state index is 0.0333. The van der Waals surface area contributed by atoms with Gasteiger partial charge in [-0.25, -0.2) is 19.4 Å². The molecule has 37 heavy (non-hydrogen) atoms. The van der Waals surface area contributed by atoms with Crippen LogP contribution in [-0.2, 0) is 11.3 Å². The van der Waals surface area contributed by atoms with Crippen molar-refractivity contribution in [2.45, 2.75) is 25.9 Å². The number of rotatable bonds is 7. The number of aromatic nitrogens is 6. The number of nitrogens with one attached hydrogen (secondary N) is 1. The number of piperazine rings is 1. The summed E-state index contributed by atoms with van der Waals surface area (Å²) in [6.45, 7) is 4.86. The minimum absolute atomic E-state index is 0.0333. The molecule has 0 radical (unpaired) electrons. The molecule has 5 aromatic heterocycles. The highest BCUT2D eigenvalue weighted by Gasteiger charge is 2.46. The Bertz CT molecular complexity index is 1550. The zero-order chi connectivity index (χ0) is 24.9. The molecular formula is C26H26N8O3. The van der Waals surface area contributed by atoms with E-state index >= 15 is 0 Å². The lowest BCUT2D eigenvalue weighted by Crippen LogP contribution is -2.70. The number of anilines is 1. The average molecular weight is 499 g/mol. The normalized spacial score (nSPS) is 19.4. The molecule has 0 aromatic carbocycles. The Labute approximate surface area is 212 Å². The zero-order valence-electron chi connectivity index (χ0n) is 20.5. The van der Waals surface area contributed by atoms with E-state index in [-0.39, 0.29) is 12.5 Å². The fourth-order valence-corrected chi connectivity index (χ4v) is 5.17. The first kappa shape index (κ1) is 22.0. The SMILES string of the molecule is CCOc1cc(-c2ccc(N3CC4OC(C3)N4Cc3ccc(OC)nc3)nc2)c2c3cn[nH]c3nn2c1. The molecule has 11 nitrogen and oxygen atoms in total. The van der Waals surface area contributed by atoms with Crippen LogP contribution in [0.3, 0.4) is 0 Å². The molecule has 0 spiro atoms. The van der Waals surface area contributed by atoms with Crippen LogP contribution in [0.2, 0.25) is 0 Å². The van der Waals surface area contributed by atoms with E-state index < -0.39 is 0 Å². The van der Waals surface area contributed by atoms with Crippen molar-refractivity contribution < 1.29 is 14.2 Å². The molecule has 3 saturated heterocycles. The molecular weight excluding hydrogens is 472 g/mol. The van der Waals surface area contributed by atoms with Crippen molar-refractivity contribution in [2.75, 3.05) is 31.7 Å². The van der Waals surface area contributed by atoms with Crippen molar-refractivity contribution in [2.24, 2.45) is 0 Å². The molecule has 2 atom stereocenters. The summed E-state index contributed by atoms with van der Waals surface area (Å²) in [5.41, 5.74) is 4.84.